The van der Waals surface area contributed by atoms with Crippen molar-refractivity contribution >= 4 is 35.0 Å². The second kappa shape index (κ2) is 7.80. The second-order valence-electron chi connectivity index (χ2n) is 7.60. The standard InChI is InChI=1S/C25H19ClN2O4/c1-2-32-18-13-7-15(8-14-18)21-22(25(31)27(21)17-11-9-16(26)10-12-17)28-23(29)19-5-3-4-6-20(19)24(28)30/h3-14,21-22H,2H2,1H3/t21-,22+/m1/s1. The molecule has 0 aromatic heterocycles. The SMILES string of the molecule is CCOc1ccc([C@@H]2[C@H](N3C(=O)c4ccccc4C3=O)C(=O)N2c2ccc(Cl)cc2)cc1. The number of halogens is 1. The Morgan fingerprint density at radius 3 is 1.94 bits per heavy atom. The van der Waals surface area contributed by atoms with E-state index in [0.29, 0.717) is 34.2 Å². The van der Waals surface area contributed by atoms with Crippen LogP contribution < -0.4 is 9.64 Å². The molecule has 0 unspecified atom stereocenters. The zero-order chi connectivity index (χ0) is 22.4. The van der Waals surface area contributed by atoms with Gasteiger partial charge in [0.2, 0.25) is 0 Å². The van der Waals surface area contributed by atoms with Crippen molar-refractivity contribution in [3.8, 4) is 5.75 Å². The van der Waals surface area contributed by atoms with Crippen LogP contribution in [0.3, 0.4) is 0 Å². The Kier molecular flexibility index (Phi) is 4.94. The largest absolute Gasteiger partial charge is 0.494 e. The normalized spacial score (nSPS) is 19.8. The van der Waals surface area contributed by atoms with Crippen molar-refractivity contribution in [2.75, 3.05) is 11.5 Å². The number of hydrogen-bond donors (Lipinski definition) is 0. The summed E-state index contributed by atoms with van der Waals surface area (Å²) in [4.78, 5) is 42.2. The first-order valence-electron chi connectivity index (χ1n) is 10.3. The molecule has 2 aliphatic heterocycles. The lowest BCUT2D eigenvalue weighted by molar-refractivity contribution is -0.130. The highest BCUT2D eigenvalue weighted by atomic mass is 35.5. The van der Waals surface area contributed by atoms with Gasteiger partial charge < -0.3 is 9.64 Å². The highest BCUT2D eigenvalue weighted by molar-refractivity contribution is 6.30. The average molecular weight is 447 g/mol. The third-order valence-electron chi connectivity index (χ3n) is 5.81. The van der Waals surface area contributed by atoms with Crippen LogP contribution >= 0.6 is 11.6 Å². The lowest BCUT2D eigenvalue weighted by Gasteiger charge is -2.49. The zero-order valence-corrected chi connectivity index (χ0v) is 18.0. The second-order valence-corrected chi connectivity index (χ2v) is 8.04. The summed E-state index contributed by atoms with van der Waals surface area (Å²) in [7, 11) is 0. The fraction of sp³-hybridized carbons (Fsp3) is 0.160. The molecule has 3 aromatic carbocycles. The minimum atomic E-state index is -0.934. The number of hydrogen-bond acceptors (Lipinski definition) is 4. The molecular formula is C25H19ClN2O4. The van der Waals surface area contributed by atoms with Gasteiger partial charge in [-0.2, -0.15) is 0 Å². The summed E-state index contributed by atoms with van der Waals surface area (Å²) in [6.07, 6.45) is 0. The summed E-state index contributed by atoms with van der Waals surface area (Å²) >= 11 is 6.02. The molecule has 0 radical (unpaired) electrons. The first-order valence-corrected chi connectivity index (χ1v) is 10.7. The van der Waals surface area contributed by atoms with Crippen molar-refractivity contribution in [2.45, 2.75) is 19.0 Å². The van der Waals surface area contributed by atoms with Crippen LogP contribution in [0.25, 0.3) is 0 Å². The van der Waals surface area contributed by atoms with Gasteiger partial charge in [-0.1, -0.05) is 35.9 Å². The van der Waals surface area contributed by atoms with E-state index < -0.39 is 23.9 Å². The van der Waals surface area contributed by atoms with Gasteiger partial charge >= 0.3 is 0 Å². The quantitative estimate of drug-likeness (QED) is 0.428. The Labute approximate surface area is 190 Å². The van der Waals surface area contributed by atoms with Gasteiger partial charge in [0.25, 0.3) is 17.7 Å². The number of ether oxygens (including phenoxy) is 1. The highest BCUT2D eigenvalue weighted by Gasteiger charge is 2.57. The molecule has 7 heteroatoms. The molecule has 0 spiro atoms. The maximum absolute atomic E-state index is 13.4. The topological polar surface area (TPSA) is 66.9 Å². The number of carbonyl (C=O) groups is 3. The van der Waals surface area contributed by atoms with Gasteiger partial charge in [0, 0.05) is 10.7 Å². The van der Waals surface area contributed by atoms with Gasteiger partial charge in [-0.3, -0.25) is 19.3 Å². The Morgan fingerprint density at radius 2 is 1.38 bits per heavy atom. The van der Waals surface area contributed by atoms with Crippen LogP contribution in [0.1, 0.15) is 39.2 Å². The Bertz CT molecular complexity index is 1190. The molecule has 160 valence electrons. The molecule has 6 nitrogen and oxygen atoms in total. The fourth-order valence-electron chi connectivity index (χ4n) is 4.33. The summed E-state index contributed by atoms with van der Waals surface area (Å²) < 4.78 is 5.53. The Hall–Kier alpha value is -3.64. The summed E-state index contributed by atoms with van der Waals surface area (Å²) in [5, 5.41) is 0.552. The van der Waals surface area contributed by atoms with Crippen LogP contribution in [0.15, 0.2) is 72.8 Å². The van der Waals surface area contributed by atoms with Gasteiger partial charge in [0.15, 0.2) is 0 Å². The summed E-state index contributed by atoms with van der Waals surface area (Å²) in [6, 6.07) is 19.4. The molecule has 1 fully saturated rings. The predicted molar refractivity (Wildman–Crippen MR) is 120 cm³/mol. The first kappa shape index (κ1) is 20.3. The van der Waals surface area contributed by atoms with E-state index in [1.165, 1.54) is 0 Å². The van der Waals surface area contributed by atoms with E-state index >= 15 is 0 Å². The lowest BCUT2D eigenvalue weighted by Crippen LogP contribution is -2.67. The van der Waals surface area contributed by atoms with Gasteiger partial charge in [-0.25, -0.2) is 0 Å². The zero-order valence-electron chi connectivity index (χ0n) is 17.2. The molecule has 5 rings (SSSR count). The molecule has 0 aliphatic carbocycles. The maximum Gasteiger partial charge on any atom is 0.262 e. The van der Waals surface area contributed by atoms with E-state index in [2.05, 4.69) is 0 Å². The molecule has 3 amide bonds. The number of fused-ring (bicyclic) bond motifs is 1. The monoisotopic (exact) mass is 446 g/mol. The van der Waals surface area contributed by atoms with Crippen molar-refractivity contribution in [3.05, 3.63) is 94.5 Å². The molecule has 0 N–H and O–H groups in total. The third kappa shape index (κ3) is 3.07. The third-order valence-corrected chi connectivity index (χ3v) is 6.06. The van der Waals surface area contributed by atoms with Crippen LogP contribution in [0, 0.1) is 0 Å². The van der Waals surface area contributed by atoms with Crippen LogP contribution in [0.5, 0.6) is 5.75 Å². The van der Waals surface area contributed by atoms with E-state index in [1.807, 2.05) is 31.2 Å². The first-order chi connectivity index (χ1) is 15.5. The van der Waals surface area contributed by atoms with Crippen molar-refractivity contribution in [2.24, 2.45) is 0 Å². The van der Waals surface area contributed by atoms with Crippen LogP contribution in [0.2, 0.25) is 5.02 Å². The highest BCUT2D eigenvalue weighted by Crippen LogP contribution is 2.44. The van der Waals surface area contributed by atoms with Crippen molar-refractivity contribution < 1.29 is 19.1 Å². The fourth-order valence-corrected chi connectivity index (χ4v) is 4.46. The molecule has 2 aliphatic rings. The summed E-state index contributed by atoms with van der Waals surface area (Å²) in [5.74, 6) is -0.510. The molecule has 3 aromatic rings. The van der Waals surface area contributed by atoms with Crippen LogP contribution in [-0.4, -0.2) is 35.3 Å². The molecule has 2 atom stereocenters. The van der Waals surface area contributed by atoms with Crippen LogP contribution in [-0.2, 0) is 4.79 Å². The van der Waals surface area contributed by atoms with E-state index in [1.54, 1.807) is 53.4 Å². The minimum absolute atomic E-state index is 0.319. The smallest absolute Gasteiger partial charge is 0.262 e. The number of carbonyl (C=O) groups excluding carboxylic acids is 3. The van der Waals surface area contributed by atoms with E-state index in [-0.39, 0.29) is 5.91 Å². The number of benzene rings is 3. The number of imide groups is 1. The Balaban J connectivity index is 1.56. The molecular weight excluding hydrogens is 428 g/mol. The lowest BCUT2D eigenvalue weighted by atomic mass is 9.86. The van der Waals surface area contributed by atoms with E-state index in [0.717, 1.165) is 10.5 Å². The number of β-lactam (4-membered cyclic amide) rings is 1. The van der Waals surface area contributed by atoms with Gasteiger partial charge in [-0.05, 0) is 61.0 Å². The molecule has 2 heterocycles. The summed E-state index contributed by atoms with van der Waals surface area (Å²) in [5.41, 5.74) is 2.08. The van der Waals surface area contributed by atoms with E-state index in [9.17, 15) is 14.4 Å². The Morgan fingerprint density at radius 1 is 0.781 bits per heavy atom. The summed E-state index contributed by atoms with van der Waals surface area (Å²) in [6.45, 7) is 2.44. The number of amides is 3. The molecule has 32 heavy (non-hydrogen) atoms. The van der Waals surface area contributed by atoms with Gasteiger partial charge in [0.05, 0.1) is 23.8 Å². The predicted octanol–water partition coefficient (Wildman–Crippen LogP) is 4.49. The van der Waals surface area contributed by atoms with Crippen LogP contribution in [0.4, 0.5) is 5.69 Å². The van der Waals surface area contributed by atoms with Crippen molar-refractivity contribution in [1.82, 2.24) is 4.90 Å². The van der Waals surface area contributed by atoms with Crippen molar-refractivity contribution in [3.63, 3.8) is 0 Å². The van der Waals surface area contributed by atoms with Crippen molar-refractivity contribution in [1.29, 1.82) is 0 Å². The average Bonchev–Trinajstić information content (AvgIpc) is 3.05. The molecule has 0 saturated carbocycles. The number of nitrogens with zero attached hydrogens (tertiary/aromatic N) is 2. The van der Waals surface area contributed by atoms with Gasteiger partial charge in [-0.15, -0.1) is 0 Å². The number of anilines is 1. The maximum atomic E-state index is 13.4. The minimum Gasteiger partial charge on any atom is -0.494 e. The molecule has 1 saturated heterocycles. The van der Waals surface area contributed by atoms with E-state index in [4.69, 9.17) is 16.3 Å². The van der Waals surface area contributed by atoms with Gasteiger partial charge in [0.1, 0.15) is 11.8 Å². The number of rotatable bonds is 5. The molecule has 0 bridgehead atoms.